The third-order valence-electron chi connectivity index (χ3n) is 3.52. The second-order valence-electron chi connectivity index (χ2n) is 5.61. The molecule has 1 saturated heterocycles. The van der Waals surface area contributed by atoms with Crippen LogP contribution in [-0.2, 0) is 4.74 Å². The minimum Gasteiger partial charge on any atom is -0.393 e. The molecule has 0 bridgehead atoms. The Morgan fingerprint density at radius 2 is 2.06 bits per heavy atom. The van der Waals surface area contributed by atoms with Crippen LogP contribution in [0.4, 0.5) is 0 Å². The van der Waals surface area contributed by atoms with Crippen molar-refractivity contribution in [3.8, 4) is 0 Å². The van der Waals surface area contributed by atoms with E-state index in [0.29, 0.717) is 19.3 Å². The summed E-state index contributed by atoms with van der Waals surface area (Å²) in [6.45, 7) is 9.12. The summed E-state index contributed by atoms with van der Waals surface area (Å²) >= 11 is 0. The first-order valence-corrected chi connectivity index (χ1v) is 6.46. The Kier molecular flexibility index (Phi) is 5.73. The lowest BCUT2D eigenvalue weighted by molar-refractivity contribution is -0.0477. The van der Waals surface area contributed by atoms with Crippen LogP contribution in [-0.4, -0.2) is 49.0 Å². The molecule has 0 aromatic carbocycles. The molecule has 0 amide bonds. The zero-order valence-corrected chi connectivity index (χ0v) is 11.1. The van der Waals surface area contributed by atoms with E-state index >= 15 is 0 Å². The SMILES string of the molecule is CC(C)CC(C)N(C)CC1COCCC1O. The fourth-order valence-electron chi connectivity index (χ4n) is 2.37. The number of hydrogen-bond donors (Lipinski definition) is 1. The minimum atomic E-state index is -0.178. The first-order valence-electron chi connectivity index (χ1n) is 6.46. The average Bonchev–Trinajstić information content (AvgIpc) is 2.20. The third kappa shape index (κ3) is 4.40. The molecule has 3 unspecified atom stereocenters. The molecule has 1 heterocycles. The fourth-order valence-corrected chi connectivity index (χ4v) is 2.37. The minimum absolute atomic E-state index is 0.178. The lowest BCUT2D eigenvalue weighted by atomic mass is 9.96. The molecule has 0 radical (unpaired) electrons. The molecule has 1 rings (SSSR count). The van der Waals surface area contributed by atoms with E-state index in [2.05, 4.69) is 32.7 Å². The van der Waals surface area contributed by atoms with Gasteiger partial charge in [0.1, 0.15) is 0 Å². The van der Waals surface area contributed by atoms with Crippen LogP contribution in [0.15, 0.2) is 0 Å². The van der Waals surface area contributed by atoms with Crippen LogP contribution in [0.25, 0.3) is 0 Å². The zero-order chi connectivity index (χ0) is 12.1. The van der Waals surface area contributed by atoms with Crippen molar-refractivity contribution >= 4 is 0 Å². The summed E-state index contributed by atoms with van der Waals surface area (Å²) in [6.07, 6.45) is 1.82. The van der Waals surface area contributed by atoms with Crippen LogP contribution in [0.5, 0.6) is 0 Å². The highest BCUT2D eigenvalue weighted by atomic mass is 16.5. The van der Waals surface area contributed by atoms with E-state index in [0.717, 1.165) is 18.9 Å². The number of hydrogen-bond acceptors (Lipinski definition) is 3. The smallest absolute Gasteiger partial charge is 0.0624 e. The lowest BCUT2D eigenvalue weighted by Crippen LogP contribution is -2.42. The van der Waals surface area contributed by atoms with Crippen LogP contribution < -0.4 is 0 Å². The van der Waals surface area contributed by atoms with Gasteiger partial charge in [0.15, 0.2) is 0 Å². The maximum Gasteiger partial charge on any atom is 0.0624 e. The van der Waals surface area contributed by atoms with E-state index < -0.39 is 0 Å². The van der Waals surface area contributed by atoms with Crippen molar-refractivity contribution in [1.29, 1.82) is 0 Å². The molecule has 0 aromatic rings. The van der Waals surface area contributed by atoms with Crippen molar-refractivity contribution in [2.45, 2.75) is 45.8 Å². The molecule has 96 valence electrons. The van der Waals surface area contributed by atoms with Gasteiger partial charge in [-0.15, -0.1) is 0 Å². The van der Waals surface area contributed by atoms with E-state index in [4.69, 9.17) is 4.74 Å². The van der Waals surface area contributed by atoms with E-state index in [1.54, 1.807) is 0 Å². The molecule has 1 fully saturated rings. The van der Waals surface area contributed by atoms with Gasteiger partial charge in [-0.3, -0.25) is 0 Å². The molecule has 0 saturated carbocycles. The summed E-state index contributed by atoms with van der Waals surface area (Å²) in [5.41, 5.74) is 0. The maximum absolute atomic E-state index is 9.87. The van der Waals surface area contributed by atoms with Crippen molar-refractivity contribution < 1.29 is 9.84 Å². The summed E-state index contributed by atoms with van der Waals surface area (Å²) < 4.78 is 5.43. The van der Waals surface area contributed by atoms with Gasteiger partial charge in [-0.1, -0.05) is 13.8 Å². The Labute approximate surface area is 99.8 Å². The van der Waals surface area contributed by atoms with E-state index in [-0.39, 0.29) is 12.0 Å². The zero-order valence-electron chi connectivity index (χ0n) is 11.1. The normalized spacial score (nSPS) is 28.7. The molecule has 1 aliphatic heterocycles. The molecule has 1 N–H and O–H groups in total. The van der Waals surface area contributed by atoms with Gasteiger partial charge in [0.25, 0.3) is 0 Å². The molecule has 3 nitrogen and oxygen atoms in total. The Morgan fingerprint density at radius 1 is 1.38 bits per heavy atom. The van der Waals surface area contributed by atoms with Gasteiger partial charge >= 0.3 is 0 Å². The topological polar surface area (TPSA) is 32.7 Å². The van der Waals surface area contributed by atoms with Crippen LogP contribution >= 0.6 is 0 Å². The lowest BCUT2D eigenvalue weighted by Gasteiger charge is -2.34. The van der Waals surface area contributed by atoms with Gasteiger partial charge in [-0.2, -0.15) is 0 Å². The number of aliphatic hydroxyl groups excluding tert-OH is 1. The van der Waals surface area contributed by atoms with Crippen LogP contribution in [0.2, 0.25) is 0 Å². The molecule has 3 heteroatoms. The molecule has 16 heavy (non-hydrogen) atoms. The molecular weight excluding hydrogens is 202 g/mol. The molecule has 0 aliphatic carbocycles. The summed E-state index contributed by atoms with van der Waals surface area (Å²) in [7, 11) is 2.15. The van der Waals surface area contributed by atoms with Crippen LogP contribution in [0.3, 0.4) is 0 Å². The molecule has 0 spiro atoms. The van der Waals surface area contributed by atoms with Gasteiger partial charge < -0.3 is 14.7 Å². The van der Waals surface area contributed by atoms with Gasteiger partial charge in [-0.05, 0) is 32.7 Å². The largest absolute Gasteiger partial charge is 0.393 e. The number of aliphatic hydroxyl groups is 1. The van der Waals surface area contributed by atoms with E-state index in [1.807, 2.05) is 0 Å². The quantitative estimate of drug-likeness (QED) is 0.779. The second kappa shape index (κ2) is 6.58. The van der Waals surface area contributed by atoms with Crippen molar-refractivity contribution in [2.24, 2.45) is 11.8 Å². The maximum atomic E-state index is 9.87. The van der Waals surface area contributed by atoms with Crippen molar-refractivity contribution in [3.05, 3.63) is 0 Å². The Bertz CT molecular complexity index is 196. The van der Waals surface area contributed by atoms with E-state index in [1.165, 1.54) is 6.42 Å². The van der Waals surface area contributed by atoms with Crippen molar-refractivity contribution in [1.82, 2.24) is 4.90 Å². The Morgan fingerprint density at radius 3 is 2.62 bits per heavy atom. The Hall–Kier alpha value is -0.120. The predicted octanol–water partition coefficient (Wildman–Crippen LogP) is 1.75. The highest BCUT2D eigenvalue weighted by Crippen LogP contribution is 2.18. The first kappa shape index (κ1) is 13.9. The number of rotatable bonds is 5. The van der Waals surface area contributed by atoms with Crippen LogP contribution in [0.1, 0.15) is 33.6 Å². The van der Waals surface area contributed by atoms with E-state index in [9.17, 15) is 5.11 Å². The number of ether oxygens (including phenoxy) is 1. The summed E-state index contributed by atoms with van der Waals surface area (Å²) in [4.78, 5) is 2.35. The average molecular weight is 229 g/mol. The van der Waals surface area contributed by atoms with Crippen molar-refractivity contribution in [2.75, 3.05) is 26.8 Å². The molecule has 3 atom stereocenters. The standard InChI is InChI=1S/C13H27NO2/c1-10(2)7-11(3)14(4)8-12-9-16-6-5-13(12)15/h10-13,15H,5-9H2,1-4H3. The van der Waals surface area contributed by atoms with Gasteiger partial charge in [0.2, 0.25) is 0 Å². The summed E-state index contributed by atoms with van der Waals surface area (Å²) in [5.74, 6) is 1.01. The van der Waals surface area contributed by atoms with Crippen molar-refractivity contribution in [3.63, 3.8) is 0 Å². The highest BCUT2D eigenvalue weighted by Gasteiger charge is 2.26. The second-order valence-corrected chi connectivity index (χ2v) is 5.61. The predicted molar refractivity (Wildman–Crippen MR) is 66.5 cm³/mol. The monoisotopic (exact) mass is 229 g/mol. The summed E-state index contributed by atoms with van der Waals surface area (Å²) in [5, 5.41) is 9.87. The summed E-state index contributed by atoms with van der Waals surface area (Å²) in [6, 6.07) is 0.578. The van der Waals surface area contributed by atoms with Crippen LogP contribution in [0, 0.1) is 11.8 Å². The fraction of sp³-hybridized carbons (Fsp3) is 1.00. The number of nitrogens with zero attached hydrogens (tertiary/aromatic N) is 1. The first-order chi connectivity index (χ1) is 7.50. The highest BCUT2D eigenvalue weighted by molar-refractivity contribution is 4.77. The van der Waals surface area contributed by atoms with Gasteiger partial charge in [0, 0.05) is 25.1 Å². The van der Waals surface area contributed by atoms with Gasteiger partial charge in [-0.25, -0.2) is 0 Å². The third-order valence-corrected chi connectivity index (χ3v) is 3.52. The molecular formula is C13H27NO2. The van der Waals surface area contributed by atoms with Gasteiger partial charge in [0.05, 0.1) is 12.7 Å². The molecule has 1 aliphatic rings. The molecule has 0 aromatic heterocycles. The Balaban J connectivity index is 2.34.